The van der Waals surface area contributed by atoms with Crippen LogP contribution in [0.5, 0.6) is 0 Å². The highest BCUT2D eigenvalue weighted by atomic mass is 35.5. The molecule has 0 aromatic carbocycles. The topological polar surface area (TPSA) is 0 Å². The van der Waals surface area contributed by atoms with Crippen molar-refractivity contribution < 1.29 is 4.39 Å². The average Bonchev–Trinajstić information content (AvgIpc) is 2.23. The number of hydrogen-bond donors (Lipinski definition) is 0. The zero-order valence-electron chi connectivity index (χ0n) is 8.72. The molecule has 0 spiro atoms. The summed E-state index contributed by atoms with van der Waals surface area (Å²) in [7, 11) is 0. The number of alkyl halides is 2. The zero-order valence-corrected chi connectivity index (χ0v) is 9.48. The zero-order chi connectivity index (χ0) is 9.97. The van der Waals surface area contributed by atoms with Gasteiger partial charge in [-0.25, -0.2) is 4.39 Å². The molecule has 2 saturated carbocycles. The van der Waals surface area contributed by atoms with Crippen LogP contribution in [0.25, 0.3) is 0 Å². The summed E-state index contributed by atoms with van der Waals surface area (Å²) in [4.78, 5) is 0. The summed E-state index contributed by atoms with van der Waals surface area (Å²) in [5, 5.41) is -0.198. The Morgan fingerprint density at radius 3 is 2.29 bits per heavy atom. The average molecular weight is 219 g/mol. The smallest absolute Gasteiger partial charge is 0.119 e. The van der Waals surface area contributed by atoms with Crippen LogP contribution in [0.4, 0.5) is 4.39 Å². The van der Waals surface area contributed by atoms with Gasteiger partial charge in [-0.2, -0.15) is 0 Å². The Hall–Kier alpha value is 0.220. The van der Waals surface area contributed by atoms with Crippen LogP contribution in [-0.4, -0.2) is 11.5 Å². The largest absolute Gasteiger partial charge is 0.246 e. The van der Waals surface area contributed by atoms with Gasteiger partial charge >= 0.3 is 0 Å². The molecule has 0 aromatic rings. The van der Waals surface area contributed by atoms with E-state index in [4.69, 9.17) is 11.6 Å². The van der Waals surface area contributed by atoms with Gasteiger partial charge in [0.1, 0.15) is 6.17 Å². The van der Waals surface area contributed by atoms with E-state index in [1.807, 2.05) is 0 Å². The lowest BCUT2D eigenvalue weighted by atomic mass is 9.72. The maximum Gasteiger partial charge on any atom is 0.119 e. The number of rotatable bonds is 1. The molecular formula is C12H20ClF. The van der Waals surface area contributed by atoms with Gasteiger partial charge in [-0.3, -0.25) is 0 Å². The summed E-state index contributed by atoms with van der Waals surface area (Å²) in [5.41, 5.74) is 0. The second-order valence-electron chi connectivity index (χ2n) is 4.95. The third kappa shape index (κ3) is 2.24. The van der Waals surface area contributed by atoms with Crippen molar-refractivity contribution in [3.8, 4) is 0 Å². The highest BCUT2D eigenvalue weighted by Gasteiger charge is 2.37. The van der Waals surface area contributed by atoms with Gasteiger partial charge < -0.3 is 0 Å². The van der Waals surface area contributed by atoms with Crippen LogP contribution < -0.4 is 0 Å². The van der Waals surface area contributed by atoms with E-state index < -0.39 is 6.17 Å². The summed E-state index contributed by atoms with van der Waals surface area (Å²) in [6.07, 6.45) is 8.82. The lowest BCUT2D eigenvalue weighted by molar-refractivity contribution is 0.0955. The molecule has 2 rings (SSSR count). The van der Waals surface area contributed by atoms with Crippen molar-refractivity contribution in [2.75, 3.05) is 0 Å². The molecular weight excluding hydrogens is 199 g/mol. The van der Waals surface area contributed by atoms with Crippen molar-refractivity contribution in [1.82, 2.24) is 0 Å². The van der Waals surface area contributed by atoms with Crippen molar-refractivity contribution in [1.29, 1.82) is 0 Å². The van der Waals surface area contributed by atoms with Gasteiger partial charge in [0.05, 0.1) is 5.38 Å². The molecule has 0 aromatic heterocycles. The highest BCUT2D eigenvalue weighted by Crippen LogP contribution is 2.41. The van der Waals surface area contributed by atoms with Crippen molar-refractivity contribution in [2.45, 2.75) is 62.9 Å². The van der Waals surface area contributed by atoms with E-state index in [1.54, 1.807) is 0 Å². The molecule has 14 heavy (non-hydrogen) atoms. The second-order valence-corrected chi connectivity index (χ2v) is 5.51. The van der Waals surface area contributed by atoms with Crippen LogP contribution in [0.3, 0.4) is 0 Å². The second kappa shape index (κ2) is 4.83. The normalized spacial score (nSPS) is 41.1. The van der Waals surface area contributed by atoms with Crippen LogP contribution in [-0.2, 0) is 0 Å². The molecule has 0 nitrogen and oxygen atoms in total. The summed E-state index contributed by atoms with van der Waals surface area (Å²) in [6.45, 7) is 0. The first-order valence-electron chi connectivity index (χ1n) is 6.07. The molecule has 0 aliphatic heterocycles. The molecule has 2 aliphatic rings. The monoisotopic (exact) mass is 218 g/mol. The Labute approximate surface area is 91.2 Å². The van der Waals surface area contributed by atoms with Gasteiger partial charge in [-0.1, -0.05) is 38.5 Å². The van der Waals surface area contributed by atoms with E-state index in [2.05, 4.69) is 0 Å². The third-order valence-electron chi connectivity index (χ3n) is 4.03. The Kier molecular flexibility index (Phi) is 3.70. The van der Waals surface area contributed by atoms with Gasteiger partial charge in [0.25, 0.3) is 0 Å². The van der Waals surface area contributed by atoms with Crippen molar-refractivity contribution in [3.63, 3.8) is 0 Å². The first kappa shape index (κ1) is 10.7. The van der Waals surface area contributed by atoms with Crippen LogP contribution >= 0.6 is 11.6 Å². The molecule has 0 N–H and O–H groups in total. The number of halogens is 2. The van der Waals surface area contributed by atoms with Gasteiger partial charge in [-0.05, 0) is 24.7 Å². The Morgan fingerprint density at radius 1 is 0.857 bits per heavy atom. The first-order chi connectivity index (χ1) is 6.79. The minimum atomic E-state index is -0.728. The van der Waals surface area contributed by atoms with Gasteiger partial charge in [0, 0.05) is 0 Å². The lowest BCUT2D eigenvalue weighted by Crippen LogP contribution is -2.36. The molecule has 82 valence electrons. The summed E-state index contributed by atoms with van der Waals surface area (Å²) in [6, 6.07) is 0. The molecule has 0 saturated heterocycles. The fourth-order valence-corrected chi connectivity index (χ4v) is 3.53. The van der Waals surface area contributed by atoms with Crippen molar-refractivity contribution in [2.24, 2.45) is 11.8 Å². The van der Waals surface area contributed by atoms with Crippen LogP contribution in [0.15, 0.2) is 0 Å². The van der Waals surface area contributed by atoms with Crippen LogP contribution in [0, 0.1) is 11.8 Å². The summed E-state index contributed by atoms with van der Waals surface area (Å²) >= 11 is 6.01. The number of hydrogen-bond acceptors (Lipinski definition) is 0. The van der Waals surface area contributed by atoms with E-state index in [0.717, 1.165) is 19.3 Å². The van der Waals surface area contributed by atoms with E-state index in [0.29, 0.717) is 5.92 Å². The predicted molar refractivity (Wildman–Crippen MR) is 58.5 cm³/mol. The molecule has 0 radical (unpaired) electrons. The lowest BCUT2D eigenvalue weighted by Gasteiger charge is -2.37. The molecule has 0 amide bonds. The molecule has 2 heteroatoms. The van der Waals surface area contributed by atoms with E-state index in [-0.39, 0.29) is 11.3 Å². The minimum absolute atomic E-state index is 0.198. The van der Waals surface area contributed by atoms with Gasteiger partial charge in [0.2, 0.25) is 0 Å². The maximum atomic E-state index is 13.9. The molecule has 0 bridgehead atoms. The fourth-order valence-electron chi connectivity index (χ4n) is 3.19. The molecule has 2 fully saturated rings. The first-order valence-corrected chi connectivity index (χ1v) is 6.51. The van der Waals surface area contributed by atoms with Gasteiger partial charge in [-0.15, -0.1) is 11.6 Å². The SMILES string of the molecule is FC1C(Cl)CCCC1C1CCCCC1. The Balaban J connectivity index is 1.93. The van der Waals surface area contributed by atoms with Gasteiger partial charge in [0.15, 0.2) is 0 Å². The molecule has 2 aliphatic carbocycles. The molecule has 0 heterocycles. The molecule has 3 atom stereocenters. The highest BCUT2D eigenvalue weighted by molar-refractivity contribution is 6.21. The quantitative estimate of drug-likeness (QED) is 0.576. The van der Waals surface area contributed by atoms with Crippen molar-refractivity contribution >= 4 is 11.6 Å². The standard InChI is InChI=1S/C12H20ClF/c13-11-8-4-7-10(12(11)14)9-5-2-1-3-6-9/h9-12H,1-8H2. The Bertz CT molecular complexity index is 177. The van der Waals surface area contributed by atoms with E-state index in [9.17, 15) is 4.39 Å². The summed E-state index contributed by atoms with van der Waals surface area (Å²) < 4.78 is 13.9. The van der Waals surface area contributed by atoms with E-state index >= 15 is 0 Å². The maximum absolute atomic E-state index is 13.9. The third-order valence-corrected chi connectivity index (χ3v) is 4.49. The van der Waals surface area contributed by atoms with Crippen LogP contribution in [0.2, 0.25) is 0 Å². The summed E-state index contributed by atoms with van der Waals surface area (Å²) in [5.74, 6) is 0.923. The Morgan fingerprint density at radius 2 is 1.57 bits per heavy atom. The fraction of sp³-hybridized carbons (Fsp3) is 1.00. The van der Waals surface area contributed by atoms with Crippen molar-refractivity contribution in [3.05, 3.63) is 0 Å². The minimum Gasteiger partial charge on any atom is -0.246 e. The van der Waals surface area contributed by atoms with E-state index in [1.165, 1.54) is 32.1 Å². The van der Waals surface area contributed by atoms with Crippen LogP contribution in [0.1, 0.15) is 51.4 Å². The molecule has 3 unspecified atom stereocenters. The predicted octanol–water partition coefficient (Wildman–Crippen LogP) is 4.31.